The maximum absolute atomic E-state index is 13.0. The first-order valence-corrected chi connectivity index (χ1v) is 10.7. The van der Waals surface area contributed by atoms with Crippen molar-refractivity contribution in [3.8, 4) is 0 Å². The third kappa shape index (κ3) is 4.16. The van der Waals surface area contributed by atoms with Crippen molar-refractivity contribution < 1.29 is 17.9 Å². The van der Waals surface area contributed by atoms with E-state index in [0.29, 0.717) is 25.4 Å². The minimum Gasteiger partial charge on any atom is -0.372 e. The molecule has 0 unspecified atom stereocenters. The van der Waals surface area contributed by atoms with Gasteiger partial charge in [-0.05, 0) is 44.2 Å². The van der Waals surface area contributed by atoms with Gasteiger partial charge in [-0.3, -0.25) is 9.10 Å². The maximum Gasteiger partial charge on any atom is 0.264 e. The first-order valence-electron chi connectivity index (χ1n) is 8.89. The average molecular weight is 423 g/mol. The number of benzene rings is 2. The number of ether oxygens (including phenoxy) is 1. The van der Waals surface area contributed by atoms with Crippen LogP contribution in [0.15, 0.2) is 53.4 Å². The van der Waals surface area contributed by atoms with E-state index in [1.165, 1.54) is 29.6 Å². The van der Waals surface area contributed by atoms with E-state index in [9.17, 15) is 13.2 Å². The summed E-state index contributed by atoms with van der Waals surface area (Å²) in [6, 6.07) is 13.0. The second-order valence-electron chi connectivity index (χ2n) is 7.28. The minimum absolute atomic E-state index is 0.0131. The zero-order valence-electron chi connectivity index (χ0n) is 16.1. The van der Waals surface area contributed by atoms with Crippen molar-refractivity contribution >= 4 is 33.2 Å². The van der Waals surface area contributed by atoms with Crippen LogP contribution < -0.4 is 4.31 Å². The Hall–Kier alpha value is -2.09. The van der Waals surface area contributed by atoms with E-state index in [4.69, 9.17) is 16.3 Å². The molecule has 0 bridgehead atoms. The molecule has 0 radical (unpaired) electrons. The highest BCUT2D eigenvalue weighted by Gasteiger charge is 2.32. The van der Waals surface area contributed by atoms with Gasteiger partial charge in [0.2, 0.25) is 0 Å². The zero-order valence-corrected chi connectivity index (χ0v) is 17.6. The van der Waals surface area contributed by atoms with Crippen LogP contribution in [0.2, 0.25) is 5.02 Å². The number of rotatable bonds is 4. The highest BCUT2D eigenvalue weighted by atomic mass is 35.5. The van der Waals surface area contributed by atoms with Gasteiger partial charge in [0.15, 0.2) is 0 Å². The molecular formula is C20H23ClN2O4S. The fraction of sp³-hybridized carbons (Fsp3) is 0.350. The second kappa shape index (κ2) is 7.73. The van der Waals surface area contributed by atoms with Crippen LogP contribution in [0.1, 0.15) is 24.2 Å². The zero-order chi connectivity index (χ0) is 20.5. The van der Waals surface area contributed by atoms with Gasteiger partial charge in [-0.2, -0.15) is 0 Å². The molecule has 0 atom stereocenters. The van der Waals surface area contributed by atoms with Crippen LogP contribution in [-0.2, 0) is 14.8 Å². The van der Waals surface area contributed by atoms with E-state index in [-0.39, 0.29) is 21.4 Å². The molecule has 1 aliphatic heterocycles. The number of hydrogen-bond donors (Lipinski definition) is 0. The van der Waals surface area contributed by atoms with Crippen LogP contribution in [0.25, 0.3) is 0 Å². The van der Waals surface area contributed by atoms with Crippen LogP contribution in [0.5, 0.6) is 0 Å². The summed E-state index contributed by atoms with van der Waals surface area (Å²) < 4.78 is 32.9. The molecule has 28 heavy (non-hydrogen) atoms. The van der Waals surface area contributed by atoms with Gasteiger partial charge in [0.05, 0.1) is 33.4 Å². The van der Waals surface area contributed by atoms with Crippen LogP contribution in [0, 0.1) is 0 Å². The number of sulfonamides is 1. The number of amides is 1. The van der Waals surface area contributed by atoms with Crippen molar-refractivity contribution in [3.05, 3.63) is 59.1 Å². The lowest BCUT2D eigenvalue weighted by molar-refractivity contribution is -0.0764. The first kappa shape index (κ1) is 20.6. The number of para-hydroxylation sites is 1. The summed E-state index contributed by atoms with van der Waals surface area (Å²) in [5.41, 5.74) is 0.236. The highest BCUT2D eigenvalue weighted by Crippen LogP contribution is 2.27. The lowest BCUT2D eigenvalue weighted by Crippen LogP contribution is -2.50. The van der Waals surface area contributed by atoms with Crippen LogP contribution >= 0.6 is 11.6 Å². The van der Waals surface area contributed by atoms with Crippen LogP contribution in [-0.4, -0.2) is 51.6 Å². The Kier molecular flexibility index (Phi) is 5.70. The molecule has 0 aliphatic carbocycles. The molecule has 1 heterocycles. The first-order chi connectivity index (χ1) is 13.1. The number of halogens is 1. The molecule has 8 heteroatoms. The summed E-state index contributed by atoms with van der Waals surface area (Å²) in [5, 5.41) is 0.218. The maximum atomic E-state index is 13.0. The molecule has 1 aliphatic rings. The molecule has 150 valence electrons. The van der Waals surface area contributed by atoms with Gasteiger partial charge < -0.3 is 9.64 Å². The van der Waals surface area contributed by atoms with Gasteiger partial charge in [-0.15, -0.1) is 0 Å². The fourth-order valence-electron chi connectivity index (χ4n) is 3.12. The minimum atomic E-state index is -3.84. The molecule has 3 rings (SSSR count). The Morgan fingerprint density at radius 2 is 1.86 bits per heavy atom. The number of morpholine rings is 1. The Morgan fingerprint density at radius 1 is 1.18 bits per heavy atom. The Bertz CT molecular complexity index is 977. The smallest absolute Gasteiger partial charge is 0.264 e. The SMILES string of the molecule is CN(c1ccccc1)S(=O)(=O)c1ccc(Cl)c(C(=O)N2CCOC(C)(C)C2)c1. The van der Waals surface area contributed by atoms with Gasteiger partial charge in [-0.1, -0.05) is 29.8 Å². The van der Waals surface area contributed by atoms with Crippen molar-refractivity contribution in [1.82, 2.24) is 4.90 Å². The van der Waals surface area contributed by atoms with Gasteiger partial charge >= 0.3 is 0 Å². The predicted octanol–water partition coefficient (Wildman–Crippen LogP) is 3.42. The summed E-state index contributed by atoms with van der Waals surface area (Å²) in [6.07, 6.45) is 0. The summed E-state index contributed by atoms with van der Waals surface area (Å²) in [6.45, 7) is 5.07. The van der Waals surface area contributed by atoms with Crippen molar-refractivity contribution in [2.45, 2.75) is 24.3 Å². The van der Waals surface area contributed by atoms with Crippen LogP contribution in [0.3, 0.4) is 0 Å². The van der Waals surface area contributed by atoms with Crippen molar-refractivity contribution in [3.63, 3.8) is 0 Å². The van der Waals surface area contributed by atoms with E-state index in [1.807, 2.05) is 19.9 Å². The van der Waals surface area contributed by atoms with Gasteiger partial charge in [0, 0.05) is 20.1 Å². The lowest BCUT2D eigenvalue weighted by Gasteiger charge is -2.38. The number of carbonyl (C=O) groups excluding carboxylic acids is 1. The topological polar surface area (TPSA) is 66.9 Å². The van der Waals surface area contributed by atoms with E-state index >= 15 is 0 Å². The summed E-state index contributed by atoms with van der Waals surface area (Å²) in [7, 11) is -2.36. The molecule has 6 nitrogen and oxygen atoms in total. The normalized spacial score (nSPS) is 16.6. The monoisotopic (exact) mass is 422 g/mol. The molecule has 2 aromatic carbocycles. The second-order valence-corrected chi connectivity index (χ2v) is 9.66. The summed E-state index contributed by atoms with van der Waals surface area (Å²) >= 11 is 6.24. The average Bonchev–Trinajstić information content (AvgIpc) is 2.67. The number of carbonyl (C=O) groups is 1. The molecule has 0 N–H and O–H groups in total. The Balaban J connectivity index is 1.94. The third-order valence-corrected chi connectivity index (χ3v) is 6.77. The van der Waals surface area contributed by atoms with E-state index in [0.717, 1.165) is 0 Å². The molecule has 0 aromatic heterocycles. The van der Waals surface area contributed by atoms with Crippen molar-refractivity contribution in [1.29, 1.82) is 0 Å². The number of anilines is 1. The van der Waals surface area contributed by atoms with Gasteiger partial charge in [0.25, 0.3) is 15.9 Å². The summed E-state index contributed by atoms with van der Waals surface area (Å²) in [4.78, 5) is 14.7. The molecule has 1 amide bonds. The molecule has 0 saturated carbocycles. The largest absolute Gasteiger partial charge is 0.372 e. The summed E-state index contributed by atoms with van der Waals surface area (Å²) in [5.74, 6) is -0.305. The van der Waals surface area contributed by atoms with Crippen molar-refractivity contribution in [2.75, 3.05) is 31.0 Å². The van der Waals surface area contributed by atoms with E-state index in [1.54, 1.807) is 29.2 Å². The lowest BCUT2D eigenvalue weighted by atomic mass is 10.1. The highest BCUT2D eigenvalue weighted by molar-refractivity contribution is 7.92. The van der Waals surface area contributed by atoms with Crippen LogP contribution in [0.4, 0.5) is 5.69 Å². The quantitative estimate of drug-likeness (QED) is 0.757. The predicted molar refractivity (Wildman–Crippen MR) is 109 cm³/mol. The molecular weight excluding hydrogens is 400 g/mol. The molecule has 1 fully saturated rings. The fourth-order valence-corrected chi connectivity index (χ4v) is 4.54. The third-order valence-electron chi connectivity index (χ3n) is 4.66. The van der Waals surface area contributed by atoms with E-state index in [2.05, 4.69) is 0 Å². The number of hydrogen-bond acceptors (Lipinski definition) is 4. The van der Waals surface area contributed by atoms with Gasteiger partial charge in [0.1, 0.15) is 0 Å². The Labute approximate surface area is 170 Å². The molecule has 2 aromatic rings. The molecule has 1 saturated heterocycles. The molecule has 0 spiro atoms. The number of nitrogens with zero attached hydrogens (tertiary/aromatic N) is 2. The van der Waals surface area contributed by atoms with Crippen molar-refractivity contribution in [2.24, 2.45) is 0 Å². The Morgan fingerprint density at radius 3 is 2.50 bits per heavy atom. The standard InChI is InChI=1S/C20H23ClN2O4S/c1-20(2)14-23(11-12-27-20)19(24)17-13-16(9-10-18(17)21)28(25,26)22(3)15-7-5-4-6-8-15/h4-10,13H,11-12,14H2,1-3H3. The van der Waals surface area contributed by atoms with E-state index < -0.39 is 15.6 Å². The van der Waals surface area contributed by atoms with Gasteiger partial charge in [-0.25, -0.2) is 8.42 Å².